The van der Waals surface area contributed by atoms with Gasteiger partial charge in [-0.3, -0.25) is 0 Å². The Bertz CT molecular complexity index is 942. The second-order valence-electron chi connectivity index (χ2n) is 5.15. The zero-order chi connectivity index (χ0) is 18.0. The van der Waals surface area contributed by atoms with Gasteiger partial charge in [0.25, 0.3) is 0 Å². The molecule has 1 aromatic heterocycles. The monoisotopic (exact) mass is 363 g/mol. The van der Waals surface area contributed by atoms with E-state index in [2.05, 4.69) is 9.72 Å². The van der Waals surface area contributed by atoms with Crippen LogP contribution in [0.4, 0.5) is 8.78 Å². The third kappa shape index (κ3) is 3.53. The summed E-state index contributed by atoms with van der Waals surface area (Å²) in [6.07, 6.45) is 0. The van der Waals surface area contributed by atoms with Crippen molar-refractivity contribution in [3.8, 4) is 5.75 Å². The normalized spacial score (nSPS) is 10.7. The van der Waals surface area contributed by atoms with Gasteiger partial charge in [0.05, 0.1) is 17.6 Å². The van der Waals surface area contributed by atoms with Gasteiger partial charge in [0.15, 0.2) is 5.69 Å². The Morgan fingerprint density at radius 2 is 2.00 bits per heavy atom. The van der Waals surface area contributed by atoms with E-state index in [-0.39, 0.29) is 28.6 Å². The van der Waals surface area contributed by atoms with Crippen LogP contribution < -0.4 is 4.74 Å². The molecule has 0 spiro atoms. The molecule has 0 radical (unpaired) electrons. The molecular weight excluding hydrogens is 352 g/mol. The van der Waals surface area contributed by atoms with E-state index in [0.29, 0.717) is 10.9 Å². The highest BCUT2D eigenvalue weighted by Crippen LogP contribution is 2.29. The lowest BCUT2D eigenvalue weighted by molar-refractivity contribution is 0.0594. The van der Waals surface area contributed by atoms with Crippen molar-refractivity contribution in [2.24, 2.45) is 0 Å². The molecule has 0 aliphatic carbocycles. The molecule has 0 atom stereocenters. The number of aromatic nitrogens is 1. The number of halogens is 3. The zero-order valence-corrected chi connectivity index (χ0v) is 13.8. The minimum absolute atomic E-state index is 0.00348. The van der Waals surface area contributed by atoms with E-state index >= 15 is 0 Å². The Labute approximate surface area is 147 Å². The molecule has 0 saturated heterocycles. The summed E-state index contributed by atoms with van der Waals surface area (Å²) in [5.41, 5.74) is 0.500. The Morgan fingerprint density at radius 1 is 1.20 bits per heavy atom. The van der Waals surface area contributed by atoms with Crippen molar-refractivity contribution in [1.29, 1.82) is 0 Å². The number of fused-ring (bicyclic) bond motifs is 1. The fraction of sp³-hybridized carbons (Fsp3) is 0.111. The number of hydrogen-bond donors (Lipinski definition) is 0. The van der Waals surface area contributed by atoms with Gasteiger partial charge in [-0.05, 0) is 30.3 Å². The van der Waals surface area contributed by atoms with Crippen molar-refractivity contribution in [1.82, 2.24) is 4.98 Å². The number of carbonyl (C=O) groups excluding carboxylic acids is 1. The molecule has 0 amide bonds. The van der Waals surface area contributed by atoms with E-state index in [1.54, 1.807) is 0 Å². The average molecular weight is 364 g/mol. The molecule has 0 fully saturated rings. The van der Waals surface area contributed by atoms with E-state index in [1.165, 1.54) is 49.6 Å². The molecule has 4 nitrogen and oxygen atoms in total. The van der Waals surface area contributed by atoms with Gasteiger partial charge in [-0.15, -0.1) is 0 Å². The molecule has 3 rings (SSSR count). The number of esters is 1. The summed E-state index contributed by atoms with van der Waals surface area (Å²) < 4.78 is 37.7. The summed E-state index contributed by atoms with van der Waals surface area (Å²) in [4.78, 5) is 15.9. The predicted octanol–water partition coefficient (Wildman–Crippen LogP) is 4.53. The number of pyridine rings is 1. The number of rotatable bonds is 4. The summed E-state index contributed by atoms with van der Waals surface area (Å²) in [6, 6.07) is 9.45. The molecule has 1 heterocycles. The maximum absolute atomic E-state index is 13.9. The van der Waals surface area contributed by atoms with Crippen LogP contribution >= 0.6 is 11.6 Å². The van der Waals surface area contributed by atoms with Gasteiger partial charge in [0.2, 0.25) is 0 Å². The van der Waals surface area contributed by atoms with Gasteiger partial charge in [0.1, 0.15) is 24.0 Å². The van der Waals surface area contributed by atoms with Crippen molar-refractivity contribution < 1.29 is 23.0 Å². The van der Waals surface area contributed by atoms with Crippen molar-refractivity contribution in [2.45, 2.75) is 6.61 Å². The van der Waals surface area contributed by atoms with Crippen LogP contribution in [-0.4, -0.2) is 18.1 Å². The fourth-order valence-corrected chi connectivity index (χ4v) is 2.53. The predicted molar refractivity (Wildman–Crippen MR) is 88.8 cm³/mol. The van der Waals surface area contributed by atoms with Gasteiger partial charge >= 0.3 is 5.97 Å². The maximum Gasteiger partial charge on any atom is 0.356 e. The fourth-order valence-electron chi connectivity index (χ4n) is 2.32. The smallest absolute Gasteiger partial charge is 0.356 e. The third-order valence-electron chi connectivity index (χ3n) is 3.56. The molecule has 3 aromatic rings. The van der Waals surface area contributed by atoms with Gasteiger partial charge in [-0.1, -0.05) is 17.7 Å². The van der Waals surface area contributed by atoms with E-state index in [9.17, 15) is 13.6 Å². The second kappa shape index (κ2) is 7.03. The molecule has 25 heavy (non-hydrogen) atoms. The highest BCUT2D eigenvalue weighted by molar-refractivity contribution is 6.31. The molecule has 0 saturated carbocycles. The van der Waals surface area contributed by atoms with Gasteiger partial charge in [-0.2, -0.15) is 0 Å². The lowest BCUT2D eigenvalue weighted by atomic mass is 10.1. The largest absolute Gasteiger partial charge is 0.488 e. The van der Waals surface area contributed by atoms with E-state index < -0.39 is 17.6 Å². The first-order valence-electron chi connectivity index (χ1n) is 7.24. The number of benzene rings is 2. The molecule has 0 aliphatic rings. The lowest BCUT2D eigenvalue weighted by Gasteiger charge is -2.12. The zero-order valence-electron chi connectivity index (χ0n) is 13.1. The summed E-state index contributed by atoms with van der Waals surface area (Å²) in [5, 5.41) is 0.554. The summed E-state index contributed by atoms with van der Waals surface area (Å²) in [5.74, 6) is -1.51. The SMILES string of the molecule is COC(=O)c1cc(OCc2c(F)cccc2Cl)c2cc(F)ccc2n1. The van der Waals surface area contributed by atoms with E-state index in [0.717, 1.165) is 0 Å². The van der Waals surface area contributed by atoms with Crippen LogP contribution in [0.2, 0.25) is 5.02 Å². The summed E-state index contributed by atoms with van der Waals surface area (Å²) in [6.45, 7) is -0.193. The molecule has 0 bridgehead atoms. The Kier molecular flexibility index (Phi) is 4.81. The first kappa shape index (κ1) is 17.1. The van der Waals surface area contributed by atoms with Crippen LogP contribution in [0.1, 0.15) is 16.1 Å². The summed E-state index contributed by atoms with van der Waals surface area (Å²) in [7, 11) is 1.22. The first-order chi connectivity index (χ1) is 12.0. The number of hydrogen-bond acceptors (Lipinski definition) is 4. The van der Waals surface area contributed by atoms with E-state index in [1.807, 2.05) is 0 Å². The lowest BCUT2D eigenvalue weighted by Crippen LogP contribution is -2.06. The Hall–Kier alpha value is -2.73. The highest BCUT2D eigenvalue weighted by atomic mass is 35.5. The molecule has 128 valence electrons. The first-order valence-corrected chi connectivity index (χ1v) is 7.61. The molecular formula is C18H12ClF2NO3. The topological polar surface area (TPSA) is 48.4 Å². The average Bonchev–Trinajstić information content (AvgIpc) is 2.60. The quantitative estimate of drug-likeness (QED) is 0.639. The third-order valence-corrected chi connectivity index (χ3v) is 3.92. The number of ether oxygens (including phenoxy) is 2. The summed E-state index contributed by atoms with van der Waals surface area (Å²) >= 11 is 5.98. The maximum atomic E-state index is 13.9. The van der Waals surface area contributed by atoms with Crippen LogP contribution in [0.5, 0.6) is 5.75 Å². The van der Waals surface area contributed by atoms with E-state index in [4.69, 9.17) is 16.3 Å². The van der Waals surface area contributed by atoms with Crippen LogP contribution in [0.3, 0.4) is 0 Å². The minimum Gasteiger partial charge on any atom is -0.488 e. The molecule has 2 aromatic carbocycles. The van der Waals surface area contributed by atoms with Crippen molar-refractivity contribution in [3.05, 3.63) is 70.4 Å². The van der Waals surface area contributed by atoms with Gasteiger partial charge in [-0.25, -0.2) is 18.6 Å². The standard InChI is InChI=1S/C18H12ClF2NO3/c1-24-18(23)16-8-17(11-7-10(20)5-6-15(11)22-16)25-9-12-13(19)3-2-4-14(12)21/h2-8H,9H2,1H3. The van der Waals surface area contributed by atoms with Crippen LogP contribution in [0.25, 0.3) is 10.9 Å². The highest BCUT2D eigenvalue weighted by Gasteiger charge is 2.15. The Balaban J connectivity index is 2.04. The van der Waals surface area contributed by atoms with Crippen LogP contribution in [0.15, 0.2) is 42.5 Å². The van der Waals surface area contributed by atoms with Crippen LogP contribution in [0, 0.1) is 11.6 Å². The number of carbonyl (C=O) groups is 1. The Morgan fingerprint density at radius 3 is 2.72 bits per heavy atom. The van der Waals surface area contributed by atoms with Crippen molar-refractivity contribution in [2.75, 3.05) is 7.11 Å². The molecule has 0 aliphatic heterocycles. The number of methoxy groups -OCH3 is 1. The minimum atomic E-state index is -0.667. The van der Waals surface area contributed by atoms with Crippen molar-refractivity contribution in [3.63, 3.8) is 0 Å². The molecule has 7 heteroatoms. The van der Waals surface area contributed by atoms with Gasteiger partial charge < -0.3 is 9.47 Å². The second-order valence-corrected chi connectivity index (χ2v) is 5.55. The number of nitrogens with zero attached hydrogens (tertiary/aromatic N) is 1. The van der Waals surface area contributed by atoms with Crippen molar-refractivity contribution >= 4 is 28.5 Å². The van der Waals surface area contributed by atoms with Crippen LogP contribution in [-0.2, 0) is 11.3 Å². The molecule has 0 unspecified atom stereocenters. The molecule has 0 N–H and O–H groups in total. The van der Waals surface area contributed by atoms with Gasteiger partial charge in [0, 0.05) is 17.0 Å².